The molecule has 8 nitrogen and oxygen atoms in total. The summed E-state index contributed by atoms with van der Waals surface area (Å²) in [6.45, 7) is 6.00. The number of rotatable bonds is 6. The van der Waals surface area contributed by atoms with Crippen molar-refractivity contribution in [2.45, 2.75) is 58.8 Å². The molecule has 0 aromatic rings. The average Bonchev–Trinajstić information content (AvgIpc) is 2.46. The zero-order valence-electron chi connectivity index (χ0n) is 14.3. The molecule has 0 bridgehead atoms. The first-order valence-electron chi connectivity index (χ1n) is 7.75. The van der Waals surface area contributed by atoms with E-state index in [0.717, 1.165) is 6.42 Å². The van der Waals surface area contributed by atoms with Crippen molar-refractivity contribution in [2.24, 2.45) is 0 Å². The van der Waals surface area contributed by atoms with Gasteiger partial charge in [0.1, 0.15) is 6.10 Å². The van der Waals surface area contributed by atoms with E-state index >= 15 is 0 Å². The van der Waals surface area contributed by atoms with Crippen molar-refractivity contribution in [3.05, 3.63) is 11.6 Å². The number of hydrogen-bond donors (Lipinski definition) is 1. The van der Waals surface area contributed by atoms with Gasteiger partial charge in [-0.05, 0) is 12.5 Å². The van der Waals surface area contributed by atoms with Gasteiger partial charge in [0.25, 0.3) is 0 Å². The summed E-state index contributed by atoms with van der Waals surface area (Å²) in [6, 6.07) is 0. The van der Waals surface area contributed by atoms with Gasteiger partial charge >= 0.3 is 17.9 Å². The average molecular weight is 341 g/mol. The Morgan fingerprint density at radius 3 is 2.12 bits per heavy atom. The smallest absolute Gasteiger partial charge is 0.303 e. The lowest BCUT2D eigenvalue weighted by atomic mass is 9.91. The second-order valence-electron chi connectivity index (χ2n) is 5.45. The van der Waals surface area contributed by atoms with Crippen molar-refractivity contribution in [1.29, 1.82) is 0 Å². The molecule has 0 aromatic carbocycles. The molecule has 1 N–H and O–H groups in total. The lowest BCUT2D eigenvalue weighted by molar-refractivity contribution is -0.180. The maximum atomic E-state index is 12.2. The number of ether oxygens (including phenoxy) is 3. The van der Waals surface area contributed by atoms with Crippen LogP contribution in [0.25, 0.3) is 0 Å². The van der Waals surface area contributed by atoms with Crippen LogP contribution in [-0.4, -0.2) is 48.7 Å². The third-order valence-corrected chi connectivity index (χ3v) is 3.23. The van der Waals surface area contributed by atoms with Gasteiger partial charge in [0.2, 0.25) is 5.91 Å². The predicted molar refractivity (Wildman–Crippen MR) is 82.7 cm³/mol. The van der Waals surface area contributed by atoms with Crippen LogP contribution >= 0.6 is 0 Å². The highest BCUT2D eigenvalue weighted by molar-refractivity contribution is 5.94. The quantitative estimate of drug-likeness (QED) is 0.558. The van der Waals surface area contributed by atoms with Crippen molar-refractivity contribution < 1.29 is 33.4 Å². The maximum Gasteiger partial charge on any atom is 0.303 e. The molecule has 3 atom stereocenters. The highest BCUT2D eigenvalue weighted by Crippen LogP contribution is 2.27. The fraction of sp³-hybridized carbons (Fsp3) is 0.625. The van der Waals surface area contributed by atoms with Crippen molar-refractivity contribution >= 4 is 23.8 Å². The van der Waals surface area contributed by atoms with Crippen LogP contribution in [0.5, 0.6) is 0 Å². The second-order valence-corrected chi connectivity index (χ2v) is 5.45. The van der Waals surface area contributed by atoms with Crippen LogP contribution in [0.2, 0.25) is 0 Å². The zero-order chi connectivity index (χ0) is 18.3. The molecule has 0 aromatic heterocycles. The molecule has 134 valence electrons. The molecule has 1 rings (SSSR count). The van der Waals surface area contributed by atoms with Gasteiger partial charge in [-0.15, -0.1) is 0 Å². The lowest BCUT2D eigenvalue weighted by Gasteiger charge is -2.34. The molecule has 0 radical (unpaired) electrons. The number of amides is 1. The van der Waals surface area contributed by atoms with Crippen LogP contribution < -0.4 is 5.32 Å². The molecule has 0 spiro atoms. The lowest BCUT2D eigenvalue weighted by Crippen LogP contribution is -2.48. The van der Waals surface area contributed by atoms with E-state index in [1.165, 1.54) is 26.8 Å². The Morgan fingerprint density at radius 2 is 1.62 bits per heavy atom. The largest absolute Gasteiger partial charge is 0.458 e. The molecule has 0 unspecified atom stereocenters. The molecule has 1 aliphatic carbocycles. The topological polar surface area (TPSA) is 108 Å². The number of carbonyl (C=O) groups excluding carboxylic acids is 4. The highest BCUT2D eigenvalue weighted by Gasteiger charge is 2.41. The highest BCUT2D eigenvalue weighted by atomic mass is 16.6. The number of hydrogen-bond acceptors (Lipinski definition) is 7. The van der Waals surface area contributed by atoms with E-state index in [4.69, 9.17) is 14.2 Å². The van der Waals surface area contributed by atoms with E-state index in [0.29, 0.717) is 12.1 Å². The first kappa shape index (κ1) is 19.7. The fourth-order valence-corrected chi connectivity index (χ4v) is 2.38. The van der Waals surface area contributed by atoms with E-state index in [1.807, 2.05) is 6.92 Å². The molecule has 0 saturated heterocycles. The number of carbonyl (C=O) groups is 4. The Balaban J connectivity index is 3.11. The van der Waals surface area contributed by atoms with Crippen LogP contribution in [0.3, 0.4) is 0 Å². The van der Waals surface area contributed by atoms with Gasteiger partial charge in [0.15, 0.2) is 12.2 Å². The standard InChI is InChI=1S/C16H23NO7/c1-5-6-17-16(21)12-7-13(22-9(2)18)15(24-11(4)20)14(8-12)23-10(3)19/h7,13-15H,5-6,8H2,1-4H3,(H,17,21)/t13-,14-,15-/m1/s1. The third kappa shape index (κ3) is 6.02. The zero-order valence-corrected chi connectivity index (χ0v) is 14.3. The number of esters is 3. The Kier molecular flexibility index (Phi) is 7.41. The van der Waals surface area contributed by atoms with Crippen LogP contribution in [-0.2, 0) is 33.4 Å². The summed E-state index contributed by atoms with van der Waals surface area (Å²) in [6.07, 6.45) is -0.672. The Bertz CT molecular complexity index is 541. The Morgan fingerprint density at radius 1 is 1.04 bits per heavy atom. The van der Waals surface area contributed by atoms with Crippen LogP contribution in [0.1, 0.15) is 40.5 Å². The minimum atomic E-state index is -1.01. The number of nitrogens with one attached hydrogen (secondary N) is 1. The van der Waals surface area contributed by atoms with Gasteiger partial charge in [0, 0.05) is 39.3 Å². The van der Waals surface area contributed by atoms with Gasteiger partial charge in [0.05, 0.1) is 0 Å². The minimum Gasteiger partial charge on any atom is -0.458 e. The molecular formula is C16H23NO7. The van der Waals surface area contributed by atoms with Gasteiger partial charge in [-0.2, -0.15) is 0 Å². The summed E-state index contributed by atoms with van der Waals surface area (Å²) in [7, 11) is 0. The third-order valence-electron chi connectivity index (χ3n) is 3.23. The molecule has 24 heavy (non-hydrogen) atoms. The molecule has 0 fully saturated rings. The van der Waals surface area contributed by atoms with Crippen molar-refractivity contribution in [3.8, 4) is 0 Å². The molecule has 1 amide bonds. The summed E-state index contributed by atoms with van der Waals surface area (Å²) in [5.74, 6) is -2.15. The summed E-state index contributed by atoms with van der Waals surface area (Å²) >= 11 is 0. The van der Waals surface area contributed by atoms with Crippen molar-refractivity contribution in [1.82, 2.24) is 5.32 Å². The van der Waals surface area contributed by atoms with Gasteiger partial charge in [-0.1, -0.05) is 6.92 Å². The summed E-state index contributed by atoms with van der Waals surface area (Å²) in [5, 5.41) is 2.71. The van der Waals surface area contributed by atoms with Gasteiger partial charge in [-0.25, -0.2) is 0 Å². The monoisotopic (exact) mass is 341 g/mol. The Labute approximate surface area is 140 Å². The van der Waals surface area contributed by atoms with Crippen LogP contribution in [0.4, 0.5) is 0 Å². The molecule has 0 saturated carbocycles. The first-order valence-corrected chi connectivity index (χ1v) is 7.75. The van der Waals surface area contributed by atoms with Crippen molar-refractivity contribution in [2.75, 3.05) is 6.54 Å². The van der Waals surface area contributed by atoms with Crippen LogP contribution in [0, 0.1) is 0 Å². The van der Waals surface area contributed by atoms with E-state index in [-0.39, 0.29) is 12.3 Å². The van der Waals surface area contributed by atoms with E-state index in [2.05, 4.69) is 5.32 Å². The summed E-state index contributed by atoms with van der Waals surface area (Å²) in [4.78, 5) is 46.2. The molecule has 8 heteroatoms. The van der Waals surface area contributed by atoms with Crippen molar-refractivity contribution in [3.63, 3.8) is 0 Å². The van der Waals surface area contributed by atoms with Gasteiger partial charge in [-0.3, -0.25) is 19.2 Å². The van der Waals surface area contributed by atoms with E-state index in [9.17, 15) is 19.2 Å². The fourth-order valence-electron chi connectivity index (χ4n) is 2.38. The molecular weight excluding hydrogens is 318 g/mol. The van der Waals surface area contributed by atoms with E-state index < -0.39 is 36.2 Å². The SMILES string of the molecule is CCCNC(=O)C1=C[C@@H](OC(C)=O)[C@@H](OC(C)=O)[C@H](OC(C)=O)C1. The van der Waals surface area contributed by atoms with E-state index in [1.54, 1.807) is 0 Å². The molecule has 1 aliphatic rings. The second kappa shape index (κ2) is 9.05. The van der Waals surface area contributed by atoms with Gasteiger partial charge < -0.3 is 19.5 Å². The summed E-state index contributed by atoms with van der Waals surface area (Å²) < 4.78 is 15.5. The predicted octanol–water partition coefficient (Wildman–Crippen LogP) is 0.638. The maximum absolute atomic E-state index is 12.2. The summed E-state index contributed by atoms with van der Waals surface area (Å²) in [5.41, 5.74) is 0.310. The Hall–Kier alpha value is -2.38. The molecule has 0 heterocycles. The first-order chi connectivity index (χ1) is 11.2. The normalized spacial score (nSPS) is 22.8. The minimum absolute atomic E-state index is 0.0604. The molecule has 0 aliphatic heterocycles. The van der Waals surface area contributed by atoms with Crippen LogP contribution in [0.15, 0.2) is 11.6 Å².